The highest BCUT2D eigenvalue weighted by Gasteiger charge is 2.39. The number of benzene rings is 1. The van der Waals surface area contributed by atoms with Crippen molar-refractivity contribution in [2.24, 2.45) is 5.18 Å². The van der Waals surface area contributed by atoms with Gasteiger partial charge in [0.1, 0.15) is 11.9 Å². The lowest BCUT2D eigenvalue weighted by atomic mass is 10.0. The Labute approximate surface area is 154 Å². The average molecular weight is 374 g/mol. The zero-order chi connectivity index (χ0) is 19.1. The molecule has 1 N–H and O–H groups in total. The number of amides is 3. The van der Waals surface area contributed by atoms with Gasteiger partial charge in [0.05, 0.1) is 11.7 Å². The van der Waals surface area contributed by atoms with Gasteiger partial charge in [0.2, 0.25) is 11.8 Å². The van der Waals surface area contributed by atoms with Crippen molar-refractivity contribution in [1.29, 1.82) is 0 Å². The fourth-order valence-electron chi connectivity index (χ4n) is 4.03. The second kappa shape index (κ2) is 6.71. The molecule has 3 aliphatic rings. The second-order valence-electron chi connectivity index (χ2n) is 7.18. The van der Waals surface area contributed by atoms with E-state index in [-0.39, 0.29) is 36.9 Å². The van der Waals surface area contributed by atoms with Gasteiger partial charge in [-0.25, -0.2) is 4.39 Å². The molecule has 2 fully saturated rings. The first-order chi connectivity index (χ1) is 13.0. The van der Waals surface area contributed by atoms with E-state index in [0.29, 0.717) is 37.2 Å². The van der Waals surface area contributed by atoms with Crippen LogP contribution in [0.3, 0.4) is 0 Å². The first kappa shape index (κ1) is 17.6. The smallest absolute Gasteiger partial charge is 0.255 e. The number of fused-ring (bicyclic) bond motifs is 1. The highest BCUT2D eigenvalue weighted by Crippen LogP contribution is 2.33. The molecule has 0 aliphatic carbocycles. The van der Waals surface area contributed by atoms with E-state index in [9.17, 15) is 23.7 Å². The first-order valence-corrected chi connectivity index (χ1v) is 9.02. The Bertz CT molecular complexity index is 835. The van der Waals surface area contributed by atoms with Crippen molar-refractivity contribution in [3.63, 3.8) is 0 Å². The van der Waals surface area contributed by atoms with Gasteiger partial charge < -0.3 is 9.80 Å². The van der Waals surface area contributed by atoms with Crippen LogP contribution in [-0.4, -0.2) is 47.8 Å². The summed E-state index contributed by atoms with van der Waals surface area (Å²) in [5, 5.41) is 5.31. The maximum atomic E-state index is 14.7. The zero-order valence-electron chi connectivity index (χ0n) is 14.6. The Morgan fingerprint density at radius 2 is 1.85 bits per heavy atom. The molecule has 0 aromatic heterocycles. The molecule has 1 aromatic carbocycles. The number of nitrogens with one attached hydrogen (secondary N) is 1. The molecule has 27 heavy (non-hydrogen) atoms. The molecular formula is C18H19FN4O4. The number of carbonyl (C=O) groups excluding carboxylic acids is 3. The molecule has 3 aliphatic heterocycles. The summed E-state index contributed by atoms with van der Waals surface area (Å²) in [5.41, 5.74) is 1.32. The van der Waals surface area contributed by atoms with E-state index in [4.69, 9.17) is 0 Å². The highest BCUT2D eigenvalue weighted by molar-refractivity contribution is 6.05. The Morgan fingerprint density at radius 1 is 1.11 bits per heavy atom. The molecule has 1 unspecified atom stereocenters. The molecule has 1 aromatic rings. The Balaban J connectivity index is 1.56. The number of nitroso groups, excluding NO2 is 1. The number of halogens is 1. The van der Waals surface area contributed by atoms with Crippen molar-refractivity contribution >= 4 is 23.4 Å². The van der Waals surface area contributed by atoms with E-state index in [0.717, 1.165) is 0 Å². The van der Waals surface area contributed by atoms with Crippen LogP contribution >= 0.6 is 0 Å². The van der Waals surface area contributed by atoms with Gasteiger partial charge in [-0.3, -0.25) is 19.7 Å². The van der Waals surface area contributed by atoms with E-state index < -0.39 is 23.7 Å². The maximum absolute atomic E-state index is 14.7. The molecule has 1 atom stereocenters. The summed E-state index contributed by atoms with van der Waals surface area (Å²) in [6.07, 6.45) is 1.59. The van der Waals surface area contributed by atoms with Gasteiger partial charge in [0.15, 0.2) is 0 Å². The maximum Gasteiger partial charge on any atom is 0.255 e. The Morgan fingerprint density at radius 3 is 2.52 bits per heavy atom. The third-order valence-electron chi connectivity index (χ3n) is 5.55. The predicted octanol–water partition coefficient (Wildman–Crippen LogP) is 1.32. The van der Waals surface area contributed by atoms with E-state index in [1.54, 1.807) is 6.07 Å². The van der Waals surface area contributed by atoms with Crippen LogP contribution in [-0.2, 0) is 16.1 Å². The summed E-state index contributed by atoms with van der Waals surface area (Å²) in [6, 6.07) is 1.93. The van der Waals surface area contributed by atoms with Crippen molar-refractivity contribution in [2.75, 3.05) is 18.0 Å². The van der Waals surface area contributed by atoms with E-state index in [1.165, 1.54) is 11.0 Å². The predicted molar refractivity (Wildman–Crippen MR) is 93.5 cm³/mol. The lowest BCUT2D eigenvalue weighted by Crippen LogP contribution is -2.52. The number of carbonyl (C=O) groups is 3. The summed E-state index contributed by atoms with van der Waals surface area (Å²) < 4.78 is 14.7. The van der Waals surface area contributed by atoms with Gasteiger partial charge in [-0.05, 0) is 37.0 Å². The molecule has 0 bridgehead atoms. The van der Waals surface area contributed by atoms with Crippen LogP contribution in [0.25, 0.3) is 0 Å². The SMILES string of the molecule is O=NC1CCN(c2cc3c(cc2F)C(=O)N(C2CCC(=O)NC2=O)C3)CC1. The quantitative estimate of drug-likeness (QED) is 0.635. The largest absolute Gasteiger partial charge is 0.369 e. The standard InChI is InChI=1S/C18H19FN4O4/c19-13-8-12-10(7-15(13)22-5-3-11(21-27)4-6-22)9-23(18(12)26)14-1-2-16(24)20-17(14)25/h7-8,11,14H,1-6,9H2,(H,20,24,25). The van der Waals surface area contributed by atoms with Crippen molar-refractivity contribution in [1.82, 2.24) is 10.2 Å². The fourth-order valence-corrected chi connectivity index (χ4v) is 4.03. The minimum atomic E-state index is -0.719. The molecule has 3 amide bonds. The molecule has 0 spiro atoms. The number of piperidine rings is 2. The normalized spacial score (nSPS) is 23.4. The van der Waals surface area contributed by atoms with Gasteiger partial charge in [-0.15, -0.1) is 0 Å². The number of rotatable bonds is 3. The van der Waals surface area contributed by atoms with Crippen LogP contribution in [0.4, 0.5) is 10.1 Å². The van der Waals surface area contributed by atoms with Crippen molar-refractivity contribution in [2.45, 2.75) is 44.3 Å². The molecule has 2 saturated heterocycles. The molecule has 8 nitrogen and oxygen atoms in total. The van der Waals surface area contributed by atoms with Crippen LogP contribution in [0, 0.1) is 10.7 Å². The third-order valence-corrected chi connectivity index (χ3v) is 5.55. The topological polar surface area (TPSA) is 99.2 Å². The molecule has 4 rings (SSSR count). The van der Waals surface area contributed by atoms with E-state index >= 15 is 0 Å². The third kappa shape index (κ3) is 3.07. The second-order valence-corrected chi connectivity index (χ2v) is 7.18. The van der Waals surface area contributed by atoms with Crippen molar-refractivity contribution in [3.05, 3.63) is 34.0 Å². The first-order valence-electron chi connectivity index (χ1n) is 9.02. The molecule has 3 heterocycles. The van der Waals surface area contributed by atoms with Gasteiger partial charge in [-0.2, -0.15) is 4.91 Å². The minimum Gasteiger partial charge on any atom is -0.369 e. The van der Waals surface area contributed by atoms with Crippen LogP contribution in [0.1, 0.15) is 41.6 Å². The van der Waals surface area contributed by atoms with Gasteiger partial charge in [0.25, 0.3) is 5.91 Å². The number of hydrogen-bond acceptors (Lipinski definition) is 6. The van der Waals surface area contributed by atoms with E-state index in [1.807, 2.05) is 4.90 Å². The average Bonchev–Trinajstić information content (AvgIpc) is 2.97. The summed E-state index contributed by atoms with van der Waals surface area (Å²) in [6.45, 7) is 1.26. The van der Waals surface area contributed by atoms with Crippen LogP contribution in [0.5, 0.6) is 0 Å². The zero-order valence-corrected chi connectivity index (χ0v) is 14.6. The molecule has 142 valence electrons. The van der Waals surface area contributed by atoms with Crippen LogP contribution < -0.4 is 10.2 Å². The fraction of sp³-hybridized carbons (Fsp3) is 0.500. The van der Waals surface area contributed by atoms with Crippen molar-refractivity contribution < 1.29 is 18.8 Å². The Kier molecular flexibility index (Phi) is 4.37. The lowest BCUT2D eigenvalue weighted by Gasteiger charge is -2.31. The summed E-state index contributed by atoms with van der Waals surface area (Å²) in [5.74, 6) is -1.72. The number of anilines is 1. The summed E-state index contributed by atoms with van der Waals surface area (Å²) >= 11 is 0. The monoisotopic (exact) mass is 374 g/mol. The highest BCUT2D eigenvalue weighted by atomic mass is 19.1. The number of imide groups is 1. The molecule has 0 radical (unpaired) electrons. The van der Waals surface area contributed by atoms with Gasteiger partial charge in [0, 0.05) is 31.6 Å². The van der Waals surface area contributed by atoms with Crippen LogP contribution in [0.2, 0.25) is 0 Å². The number of nitrogens with zero attached hydrogens (tertiary/aromatic N) is 3. The van der Waals surface area contributed by atoms with Crippen molar-refractivity contribution in [3.8, 4) is 0 Å². The summed E-state index contributed by atoms with van der Waals surface area (Å²) in [7, 11) is 0. The van der Waals surface area contributed by atoms with Crippen LogP contribution in [0.15, 0.2) is 17.3 Å². The summed E-state index contributed by atoms with van der Waals surface area (Å²) in [4.78, 5) is 50.0. The van der Waals surface area contributed by atoms with E-state index in [2.05, 4.69) is 10.5 Å². The lowest BCUT2D eigenvalue weighted by molar-refractivity contribution is -0.136. The molecular weight excluding hydrogens is 355 g/mol. The molecule has 0 saturated carbocycles. The number of hydrogen-bond donors (Lipinski definition) is 1. The minimum absolute atomic E-state index is 0.176. The Hall–Kier alpha value is -2.84. The van der Waals surface area contributed by atoms with Gasteiger partial charge >= 0.3 is 0 Å². The molecule has 9 heteroatoms. The van der Waals surface area contributed by atoms with Gasteiger partial charge in [-0.1, -0.05) is 5.18 Å².